The van der Waals surface area contributed by atoms with E-state index in [1.807, 2.05) is 11.0 Å². The van der Waals surface area contributed by atoms with Gasteiger partial charge in [0.15, 0.2) is 0 Å². The van der Waals surface area contributed by atoms with Crippen molar-refractivity contribution in [3.8, 4) is 0 Å². The highest BCUT2D eigenvalue weighted by Crippen LogP contribution is 2.32. The summed E-state index contributed by atoms with van der Waals surface area (Å²) in [7, 11) is 0. The van der Waals surface area contributed by atoms with Gasteiger partial charge in [0.05, 0.1) is 6.61 Å². The maximum atomic E-state index is 12.0. The number of rotatable bonds is 6. The van der Waals surface area contributed by atoms with Gasteiger partial charge in [-0.1, -0.05) is 0 Å². The molecule has 1 aromatic heterocycles. The molecule has 0 aromatic carbocycles. The Balaban J connectivity index is 0.000000701. The lowest BCUT2D eigenvalue weighted by molar-refractivity contribution is -0.133. The van der Waals surface area contributed by atoms with Crippen LogP contribution in [0.4, 0.5) is 11.6 Å². The number of aromatic nitrogens is 2. The number of nitrogens with zero attached hydrogens (tertiary/aromatic N) is 3. The molecule has 138 valence electrons. The van der Waals surface area contributed by atoms with E-state index >= 15 is 0 Å². The van der Waals surface area contributed by atoms with Gasteiger partial charge >= 0.3 is 0 Å². The third kappa shape index (κ3) is 6.18. The molecule has 3 rings (SSSR count). The van der Waals surface area contributed by atoms with Gasteiger partial charge in [-0.3, -0.25) is 9.59 Å². The molecule has 0 atom stereocenters. The molecule has 25 heavy (non-hydrogen) atoms. The summed E-state index contributed by atoms with van der Waals surface area (Å²) in [5.41, 5.74) is 0. The van der Waals surface area contributed by atoms with Gasteiger partial charge < -0.3 is 25.7 Å². The predicted octanol–water partition coefficient (Wildman–Crippen LogP) is 0.395. The maximum Gasteiger partial charge on any atom is 0.290 e. The van der Waals surface area contributed by atoms with Gasteiger partial charge in [0, 0.05) is 37.7 Å². The molecule has 2 heterocycles. The van der Waals surface area contributed by atoms with Gasteiger partial charge in [-0.2, -0.15) is 0 Å². The zero-order valence-corrected chi connectivity index (χ0v) is 14.1. The summed E-state index contributed by atoms with van der Waals surface area (Å²) in [4.78, 5) is 30.7. The molecule has 0 unspecified atom stereocenters. The lowest BCUT2D eigenvalue weighted by atomic mass is 10.0. The number of anilines is 2. The fourth-order valence-corrected chi connectivity index (χ4v) is 2.76. The first-order valence-corrected chi connectivity index (χ1v) is 8.48. The molecule has 0 radical (unpaired) electrons. The van der Waals surface area contributed by atoms with Crippen LogP contribution in [0.3, 0.4) is 0 Å². The summed E-state index contributed by atoms with van der Waals surface area (Å²) >= 11 is 0. The summed E-state index contributed by atoms with van der Waals surface area (Å²) in [6.07, 6.45) is 5.54. The van der Waals surface area contributed by atoms with Crippen LogP contribution in [0, 0.1) is 5.92 Å². The molecule has 9 nitrogen and oxygen atoms in total. The predicted molar refractivity (Wildman–Crippen MR) is 92.2 cm³/mol. The average molecular weight is 351 g/mol. The Labute approximate surface area is 146 Å². The number of carboxylic acid groups (broad SMARTS) is 1. The first-order valence-electron chi connectivity index (χ1n) is 8.48. The van der Waals surface area contributed by atoms with E-state index in [1.165, 1.54) is 6.33 Å². The molecule has 1 amide bonds. The summed E-state index contributed by atoms with van der Waals surface area (Å²) in [5, 5.41) is 22.1. The van der Waals surface area contributed by atoms with E-state index in [2.05, 4.69) is 20.6 Å². The second-order valence-corrected chi connectivity index (χ2v) is 6.06. The topological polar surface area (TPSA) is 128 Å². The van der Waals surface area contributed by atoms with Crippen molar-refractivity contribution in [1.82, 2.24) is 14.9 Å². The van der Waals surface area contributed by atoms with Crippen LogP contribution in [0.1, 0.15) is 25.7 Å². The normalized spacial score (nSPS) is 17.2. The van der Waals surface area contributed by atoms with E-state index in [0.717, 1.165) is 44.6 Å². The molecule has 2 fully saturated rings. The van der Waals surface area contributed by atoms with Gasteiger partial charge in [0.1, 0.15) is 18.0 Å². The van der Waals surface area contributed by atoms with E-state index in [0.29, 0.717) is 30.2 Å². The van der Waals surface area contributed by atoms with E-state index in [9.17, 15) is 4.79 Å². The Bertz CT molecular complexity index is 559. The van der Waals surface area contributed by atoms with Crippen molar-refractivity contribution in [1.29, 1.82) is 0 Å². The average Bonchev–Trinajstić information content (AvgIpc) is 3.46. The van der Waals surface area contributed by atoms with Crippen LogP contribution < -0.4 is 10.6 Å². The third-order valence-electron chi connectivity index (χ3n) is 4.17. The van der Waals surface area contributed by atoms with E-state index in [-0.39, 0.29) is 13.1 Å². The molecular weight excluding hydrogens is 326 g/mol. The lowest BCUT2D eigenvalue weighted by Crippen LogP contribution is -2.43. The first-order chi connectivity index (χ1) is 12.2. The molecule has 0 spiro atoms. The molecule has 1 aliphatic carbocycles. The fourth-order valence-electron chi connectivity index (χ4n) is 2.76. The Morgan fingerprint density at radius 2 is 1.88 bits per heavy atom. The highest BCUT2D eigenvalue weighted by Gasteiger charge is 2.34. The van der Waals surface area contributed by atoms with Gasteiger partial charge in [0.2, 0.25) is 5.91 Å². The number of carbonyl (C=O) groups excluding carboxylic acids is 1. The second kappa shape index (κ2) is 9.77. The van der Waals surface area contributed by atoms with Crippen LogP contribution in [-0.4, -0.2) is 69.7 Å². The third-order valence-corrected chi connectivity index (χ3v) is 4.17. The Kier molecular flexibility index (Phi) is 7.39. The number of hydrogen-bond acceptors (Lipinski definition) is 7. The highest BCUT2D eigenvalue weighted by molar-refractivity contribution is 5.81. The summed E-state index contributed by atoms with van der Waals surface area (Å²) in [5.74, 6) is 2.14. The number of carbonyl (C=O) groups is 2. The van der Waals surface area contributed by atoms with Gasteiger partial charge in [-0.25, -0.2) is 9.97 Å². The van der Waals surface area contributed by atoms with E-state index in [4.69, 9.17) is 15.0 Å². The van der Waals surface area contributed by atoms with Crippen LogP contribution in [0.15, 0.2) is 12.4 Å². The molecule has 0 bridgehead atoms. The van der Waals surface area contributed by atoms with Crippen LogP contribution >= 0.6 is 0 Å². The number of amides is 1. The Hall–Kier alpha value is -2.42. The number of aliphatic hydroxyl groups is 1. The monoisotopic (exact) mass is 351 g/mol. The smallest absolute Gasteiger partial charge is 0.290 e. The van der Waals surface area contributed by atoms with Crippen LogP contribution in [-0.2, 0) is 9.59 Å². The van der Waals surface area contributed by atoms with Crippen LogP contribution in [0.5, 0.6) is 0 Å². The summed E-state index contributed by atoms with van der Waals surface area (Å²) < 4.78 is 0. The van der Waals surface area contributed by atoms with Gasteiger partial charge in [0.25, 0.3) is 6.47 Å². The number of hydrogen-bond donors (Lipinski definition) is 4. The largest absolute Gasteiger partial charge is 0.483 e. The quantitative estimate of drug-likeness (QED) is 0.542. The van der Waals surface area contributed by atoms with Crippen molar-refractivity contribution >= 4 is 24.0 Å². The van der Waals surface area contributed by atoms with Crippen LogP contribution in [0.25, 0.3) is 0 Å². The lowest BCUT2D eigenvalue weighted by Gasteiger charge is -2.32. The molecule has 1 aromatic rings. The SMILES string of the molecule is O=C(C1CC1)N1CCC(Nc2cc(NCCO)ncn2)CC1.O=CO. The Morgan fingerprint density at radius 1 is 1.24 bits per heavy atom. The number of nitrogens with one attached hydrogen (secondary N) is 2. The van der Waals surface area contributed by atoms with Crippen molar-refractivity contribution in [3.05, 3.63) is 12.4 Å². The minimum atomic E-state index is -0.250. The van der Waals surface area contributed by atoms with E-state index in [1.54, 1.807) is 0 Å². The van der Waals surface area contributed by atoms with Gasteiger partial charge in [-0.15, -0.1) is 0 Å². The standard InChI is InChI=1S/C15H23N5O2.CH2O2/c21-8-5-16-13-9-14(18-10-17-13)19-12-3-6-20(7-4-12)15(22)11-1-2-11;2-1-3/h9-12,21H,1-8H2,(H2,16,17,18,19);1H,(H,2,3). The van der Waals surface area contributed by atoms with Crippen molar-refractivity contribution in [2.24, 2.45) is 5.92 Å². The molecule has 1 aliphatic heterocycles. The molecule has 1 saturated heterocycles. The number of piperidine rings is 1. The molecule has 9 heteroatoms. The zero-order valence-electron chi connectivity index (χ0n) is 14.1. The fraction of sp³-hybridized carbons (Fsp3) is 0.625. The summed E-state index contributed by atoms with van der Waals surface area (Å²) in [6, 6.07) is 2.18. The second-order valence-electron chi connectivity index (χ2n) is 6.06. The van der Waals surface area contributed by atoms with Gasteiger partial charge in [-0.05, 0) is 25.7 Å². The van der Waals surface area contributed by atoms with Crippen molar-refractivity contribution < 1.29 is 19.8 Å². The van der Waals surface area contributed by atoms with Crippen molar-refractivity contribution in [3.63, 3.8) is 0 Å². The maximum absolute atomic E-state index is 12.0. The number of aliphatic hydroxyl groups excluding tert-OH is 1. The van der Waals surface area contributed by atoms with E-state index < -0.39 is 0 Å². The van der Waals surface area contributed by atoms with Crippen molar-refractivity contribution in [2.75, 3.05) is 36.9 Å². The molecule has 2 aliphatic rings. The van der Waals surface area contributed by atoms with Crippen LogP contribution in [0.2, 0.25) is 0 Å². The Morgan fingerprint density at radius 3 is 2.48 bits per heavy atom. The molecular formula is C16H25N5O4. The first kappa shape index (κ1) is 18.9. The highest BCUT2D eigenvalue weighted by atomic mass is 16.3. The zero-order chi connectivity index (χ0) is 18.1. The minimum Gasteiger partial charge on any atom is -0.483 e. The number of likely N-dealkylation sites (tertiary alicyclic amines) is 1. The summed E-state index contributed by atoms with van der Waals surface area (Å²) in [6.45, 7) is 1.94. The molecule has 1 saturated carbocycles. The molecule has 4 N–H and O–H groups in total. The minimum absolute atomic E-state index is 0.0697. The van der Waals surface area contributed by atoms with Crippen molar-refractivity contribution in [2.45, 2.75) is 31.7 Å².